The van der Waals surface area contributed by atoms with Gasteiger partial charge in [0, 0.05) is 18.8 Å². The quantitative estimate of drug-likeness (QED) is 0.919. The fourth-order valence-electron chi connectivity index (χ4n) is 2.36. The first-order chi connectivity index (χ1) is 9.72. The summed E-state index contributed by atoms with van der Waals surface area (Å²) < 4.78 is 0. The topological polar surface area (TPSA) is 18.5 Å². The molecule has 0 spiro atoms. The first kappa shape index (κ1) is 12.8. The zero-order chi connectivity index (χ0) is 13.9. The van der Waals surface area contributed by atoms with Crippen LogP contribution in [0.5, 0.6) is 0 Å². The second-order valence-electron chi connectivity index (χ2n) is 5.15. The van der Waals surface area contributed by atoms with Crippen LogP contribution in [0.15, 0.2) is 60.8 Å². The Morgan fingerprint density at radius 2 is 1.65 bits per heavy atom. The zero-order valence-electron chi connectivity index (χ0n) is 11.9. The van der Waals surface area contributed by atoms with Crippen LogP contribution >= 0.6 is 0 Å². The van der Waals surface area contributed by atoms with E-state index in [0.717, 1.165) is 6.54 Å². The van der Waals surface area contributed by atoms with Gasteiger partial charge in [-0.05, 0) is 12.5 Å². The Hall–Kier alpha value is -2.26. The summed E-state index contributed by atoms with van der Waals surface area (Å²) in [4.78, 5) is 0. The monoisotopic (exact) mass is 265 g/mol. The Morgan fingerprint density at radius 3 is 2.35 bits per heavy atom. The summed E-state index contributed by atoms with van der Waals surface area (Å²) >= 11 is 0. The van der Waals surface area contributed by atoms with Gasteiger partial charge >= 0.3 is 0 Å². The summed E-state index contributed by atoms with van der Waals surface area (Å²) in [5.74, 6) is 0. The van der Waals surface area contributed by atoms with Gasteiger partial charge in [-0.25, -0.2) is 0 Å². The van der Waals surface area contributed by atoms with E-state index in [9.17, 15) is 0 Å². The van der Waals surface area contributed by atoms with Crippen molar-refractivity contribution in [2.45, 2.75) is 13.5 Å². The van der Waals surface area contributed by atoms with Crippen LogP contribution in [-0.2, 0) is 6.54 Å². The Bertz CT molecular complexity index is 602. The van der Waals surface area contributed by atoms with Crippen molar-refractivity contribution < 1.29 is 0 Å². The van der Waals surface area contributed by atoms with E-state index in [1.165, 1.54) is 22.4 Å². The lowest BCUT2D eigenvalue weighted by Crippen LogP contribution is -2.37. The smallest absolute Gasteiger partial charge is 0.0780 e. The fourth-order valence-corrected chi connectivity index (χ4v) is 2.36. The van der Waals surface area contributed by atoms with Gasteiger partial charge in [0.25, 0.3) is 0 Å². The molecule has 3 heteroatoms. The molecule has 0 unspecified atom stereocenters. The normalized spacial score (nSPS) is 14.6. The summed E-state index contributed by atoms with van der Waals surface area (Å²) in [6.45, 7) is 2.96. The van der Waals surface area contributed by atoms with Gasteiger partial charge in [0.2, 0.25) is 0 Å². The SMILES string of the molecule is Cc1ccc(C2=CN(Cc3ccccc3)NN2C)cc1. The average Bonchev–Trinajstić information content (AvgIpc) is 2.81. The third-order valence-electron chi connectivity index (χ3n) is 3.46. The molecule has 1 heterocycles. The van der Waals surface area contributed by atoms with Gasteiger partial charge in [0.1, 0.15) is 0 Å². The molecule has 2 aromatic carbocycles. The van der Waals surface area contributed by atoms with E-state index in [1.807, 2.05) is 18.1 Å². The zero-order valence-corrected chi connectivity index (χ0v) is 11.9. The van der Waals surface area contributed by atoms with Crippen molar-refractivity contribution in [2.75, 3.05) is 7.05 Å². The van der Waals surface area contributed by atoms with E-state index < -0.39 is 0 Å². The van der Waals surface area contributed by atoms with E-state index in [1.54, 1.807) is 0 Å². The van der Waals surface area contributed by atoms with Crippen LogP contribution in [0.4, 0.5) is 0 Å². The third kappa shape index (κ3) is 2.68. The molecule has 20 heavy (non-hydrogen) atoms. The number of nitrogens with one attached hydrogen (secondary N) is 1. The highest BCUT2D eigenvalue weighted by molar-refractivity contribution is 5.64. The highest BCUT2D eigenvalue weighted by Gasteiger charge is 2.18. The summed E-state index contributed by atoms with van der Waals surface area (Å²) in [6, 6.07) is 19.1. The summed E-state index contributed by atoms with van der Waals surface area (Å²) in [5.41, 5.74) is 8.31. The number of hydrogen-bond acceptors (Lipinski definition) is 3. The molecule has 0 saturated heterocycles. The van der Waals surface area contributed by atoms with Crippen molar-refractivity contribution in [3.8, 4) is 0 Å². The van der Waals surface area contributed by atoms with E-state index in [-0.39, 0.29) is 0 Å². The Balaban J connectivity index is 1.78. The molecule has 3 rings (SSSR count). The summed E-state index contributed by atoms with van der Waals surface area (Å²) in [7, 11) is 2.04. The third-order valence-corrected chi connectivity index (χ3v) is 3.46. The largest absolute Gasteiger partial charge is 0.292 e. The van der Waals surface area contributed by atoms with Gasteiger partial charge in [-0.3, -0.25) is 10.0 Å². The van der Waals surface area contributed by atoms with Crippen LogP contribution in [0.2, 0.25) is 0 Å². The van der Waals surface area contributed by atoms with Crippen molar-refractivity contribution in [2.24, 2.45) is 0 Å². The van der Waals surface area contributed by atoms with Gasteiger partial charge in [0.15, 0.2) is 0 Å². The molecule has 0 fully saturated rings. The predicted molar refractivity (Wildman–Crippen MR) is 82.0 cm³/mol. The minimum atomic E-state index is 0.848. The van der Waals surface area contributed by atoms with Crippen molar-refractivity contribution in [1.29, 1.82) is 0 Å². The van der Waals surface area contributed by atoms with Gasteiger partial charge in [-0.2, -0.15) is 0 Å². The van der Waals surface area contributed by atoms with Crippen LogP contribution in [-0.4, -0.2) is 17.1 Å². The van der Waals surface area contributed by atoms with Gasteiger partial charge in [0.05, 0.1) is 12.2 Å². The average molecular weight is 265 g/mol. The first-order valence-electron chi connectivity index (χ1n) is 6.82. The first-order valence-corrected chi connectivity index (χ1v) is 6.82. The second kappa shape index (κ2) is 5.39. The molecule has 1 aliphatic rings. The molecular weight excluding hydrogens is 246 g/mol. The fraction of sp³-hybridized carbons (Fsp3) is 0.176. The Morgan fingerprint density at radius 1 is 0.950 bits per heavy atom. The number of nitrogens with zero attached hydrogens (tertiary/aromatic N) is 2. The van der Waals surface area contributed by atoms with Crippen LogP contribution in [0.3, 0.4) is 0 Å². The molecule has 3 nitrogen and oxygen atoms in total. The van der Waals surface area contributed by atoms with Crippen LogP contribution in [0.1, 0.15) is 16.7 Å². The lowest BCUT2D eigenvalue weighted by Gasteiger charge is -2.20. The molecule has 1 aliphatic heterocycles. The van der Waals surface area contributed by atoms with Crippen LogP contribution < -0.4 is 5.53 Å². The molecule has 0 aromatic heterocycles. The summed E-state index contributed by atoms with van der Waals surface area (Å²) in [5, 5.41) is 4.15. The molecule has 0 amide bonds. The van der Waals surface area contributed by atoms with Gasteiger partial charge in [-0.1, -0.05) is 60.2 Å². The number of hydrogen-bond donors (Lipinski definition) is 1. The number of aryl methyl sites for hydroxylation is 1. The van der Waals surface area contributed by atoms with Crippen LogP contribution in [0.25, 0.3) is 5.70 Å². The highest BCUT2D eigenvalue weighted by atomic mass is 15.8. The van der Waals surface area contributed by atoms with E-state index in [0.29, 0.717) is 0 Å². The molecule has 0 saturated carbocycles. The maximum absolute atomic E-state index is 3.34. The standard InChI is InChI=1S/C17H19N3/c1-14-8-10-16(11-9-14)17-13-20(18-19(17)2)12-15-6-4-3-5-7-15/h3-11,13,18H,12H2,1-2H3. The lowest BCUT2D eigenvalue weighted by atomic mass is 10.1. The molecule has 102 valence electrons. The second-order valence-corrected chi connectivity index (χ2v) is 5.15. The van der Waals surface area contributed by atoms with E-state index >= 15 is 0 Å². The molecule has 0 atom stereocenters. The lowest BCUT2D eigenvalue weighted by molar-refractivity contribution is 0.161. The maximum Gasteiger partial charge on any atom is 0.0780 e. The number of rotatable bonds is 3. The predicted octanol–water partition coefficient (Wildman–Crippen LogP) is 3.16. The summed E-state index contributed by atoms with van der Waals surface area (Å²) in [6.07, 6.45) is 2.15. The molecular formula is C17H19N3. The maximum atomic E-state index is 3.34. The number of hydrazine groups is 2. The molecule has 0 bridgehead atoms. The highest BCUT2D eigenvalue weighted by Crippen LogP contribution is 2.22. The number of benzene rings is 2. The van der Waals surface area contributed by atoms with Crippen molar-refractivity contribution >= 4 is 5.70 Å². The van der Waals surface area contributed by atoms with Gasteiger partial charge < -0.3 is 0 Å². The molecule has 2 aromatic rings. The minimum Gasteiger partial charge on any atom is -0.292 e. The van der Waals surface area contributed by atoms with Gasteiger partial charge in [-0.15, -0.1) is 5.53 Å². The Labute approximate surface area is 120 Å². The Kier molecular flexibility index (Phi) is 3.44. The van der Waals surface area contributed by atoms with Crippen molar-refractivity contribution in [3.63, 3.8) is 0 Å². The van der Waals surface area contributed by atoms with Crippen molar-refractivity contribution in [3.05, 3.63) is 77.5 Å². The molecule has 0 aliphatic carbocycles. The van der Waals surface area contributed by atoms with E-state index in [2.05, 4.69) is 72.2 Å². The van der Waals surface area contributed by atoms with E-state index in [4.69, 9.17) is 0 Å². The minimum absolute atomic E-state index is 0.848. The van der Waals surface area contributed by atoms with Crippen LogP contribution in [0, 0.1) is 6.92 Å². The van der Waals surface area contributed by atoms with Crippen molar-refractivity contribution in [1.82, 2.24) is 15.6 Å². The molecule has 1 N–H and O–H groups in total. The molecule has 0 radical (unpaired) electrons.